The quantitative estimate of drug-likeness (QED) is 0.644. The summed E-state index contributed by atoms with van der Waals surface area (Å²) < 4.78 is 13.5. The fraction of sp³-hybridized carbons (Fsp3) is 0.500. The summed E-state index contributed by atoms with van der Waals surface area (Å²) in [6.07, 6.45) is 0. The predicted molar refractivity (Wildman–Crippen MR) is 77.7 cm³/mol. The van der Waals surface area contributed by atoms with Crippen molar-refractivity contribution in [2.45, 2.75) is 19.9 Å². The maximum atomic E-state index is 13.5. The molecule has 0 heterocycles. The second-order valence-electron chi connectivity index (χ2n) is 5.41. The number of rotatable bonds is 6. The van der Waals surface area contributed by atoms with Crippen LogP contribution in [0.1, 0.15) is 24.2 Å². The Morgan fingerprint density at radius 2 is 2.05 bits per heavy atom. The Labute approximate surface area is 123 Å². The molecule has 0 spiro atoms. The van der Waals surface area contributed by atoms with E-state index in [1.807, 2.05) is 32.8 Å². The van der Waals surface area contributed by atoms with Crippen molar-refractivity contribution in [1.82, 2.24) is 10.2 Å². The van der Waals surface area contributed by atoms with Crippen molar-refractivity contribution >= 4 is 11.6 Å². The molecule has 0 aliphatic rings. The van der Waals surface area contributed by atoms with Gasteiger partial charge in [0.2, 0.25) is 5.82 Å². The molecule has 1 aromatic rings. The number of halogens is 1. The monoisotopic (exact) mass is 297 g/mol. The summed E-state index contributed by atoms with van der Waals surface area (Å²) in [7, 11) is 3.84. The maximum Gasteiger partial charge on any atom is 0.304 e. The standard InChI is InChI=1S/C14H20FN3O3/c1-9(2)13(17(3)4)8-16-14(19)10-5-6-12(18(20)21)11(15)7-10/h5-7,9,13H,8H2,1-4H3,(H,16,19). The van der Waals surface area contributed by atoms with E-state index in [4.69, 9.17) is 0 Å². The van der Waals surface area contributed by atoms with Gasteiger partial charge >= 0.3 is 5.69 Å². The van der Waals surface area contributed by atoms with Crippen LogP contribution in [0.5, 0.6) is 0 Å². The smallest absolute Gasteiger partial charge is 0.304 e. The van der Waals surface area contributed by atoms with E-state index in [1.54, 1.807) is 0 Å². The zero-order valence-corrected chi connectivity index (χ0v) is 12.6. The average Bonchev–Trinajstić information content (AvgIpc) is 2.37. The molecule has 1 amide bonds. The van der Waals surface area contributed by atoms with Crippen LogP contribution in [0.3, 0.4) is 0 Å². The SMILES string of the molecule is CC(C)C(CNC(=O)c1ccc([N+](=O)[O-])c(F)c1)N(C)C. The fourth-order valence-electron chi connectivity index (χ4n) is 2.11. The highest BCUT2D eigenvalue weighted by molar-refractivity contribution is 5.94. The van der Waals surface area contributed by atoms with Crippen LogP contribution in [0.15, 0.2) is 18.2 Å². The minimum Gasteiger partial charge on any atom is -0.350 e. The van der Waals surface area contributed by atoms with E-state index in [1.165, 1.54) is 6.07 Å². The third-order valence-electron chi connectivity index (χ3n) is 3.31. The molecule has 0 saturated carbocycles. The number of likely N-dealkylation sites (N-methyl/N-ethyl adjacent to an activating group) is 1. The van der Waals surface area contributed by atoms with Gasteiger partial charge in [0.1, 0.15) is 0 Å². The second kappa shape index (κ2) is 7.12. The van der Waals surface area contributed by atoms with Crippen LogP contribution >= 0.6 is 0 Å². The molecule has 6 nitrogen and oxygen atoms in total. The van der Waals surface area contributed by atoms with Gasteiger partial charge in [-0.15, -0.1) is 0 Å². The van der Waals surface area contributed by atoms with Gasteiger partial charge in [-0.3, -0.25) is 14.9 Å². The lowest BCUT2D eigenvalue weighted by atomic mass is 10.0. The zero-order valence-electron chi connectivity index (χ0n) is 12.6. The minimum atomic E-state index is -1.01. The normalized spacial score (nSPS) is 12.5. The van der Waals surface area contributed by atoms with Crippen LogP contribution < -0.4 is 5.32 Å². The highest BCUT2D eigenvalue weighted by Gasteiger charge is 2.19. The minimum absolute atomic E-state index is 0.0689. The molecule has 1 atom stereocenters. The van der Waals surface area contributed by atoms with E-state index >= 15 is 0 Å². The highest BCUT2D eigenvalue weighted by Crippen LogP contribution is 2.18. The Morgan fingerprint density at radius 3 is 2.48 bits per heavy atom. The summed E-state index contributed by atoms with van der Waals surface area (Å²) >= 11 is 0. The molecule has 0 fully saturated rings. The first kappa shape index (κ1) is 17.0. The lowest BCUT2D eigenvalue weighted by Gasteiger charge is -2.28. The summed E-state index contributed by atoms with van der Waals surface area (Å²) in [5, 5.41) is 13.2. The van der Waals surface area contributed by atoms with Crippen LogP contribution in [0.25, 0.3) is 0 Å². The number of carbonyl (C=O) groups excluding carboxylic acids is 1. The Bertz CT molecular complexity index is 524. The van der Waals surface area contributed by atoms with Gasteiger partial charge in [-0.2, -0.15) is 4.39 Å². The Kier molecular flexibility index (Phi) is 5.78. The van der Waals surface area contributed by atoms with E-state index in [9.17, 15) is 19.3 Å². The average molecular weight is 297 g/mol. The van der Waals surface area contributed by atoms with Gasteiger partial charge in [-0.1, -0.05) is 13.8 Å². The molecule has 0 bridgehead atoms. The molecule has 116 valence electrons. The first-order valence-electron chi connectivity index (χ1n) is 6.62. The molecule has 1 N–H and O–H groups in total. The molecule has 21 heavy (non-hydrogen) atoms. The number of hydrogen-bond donors (Lipinski definition) is 1. The van der Waals surface area contributed by atoms with Crippen molar-refractivity contribution in [3.8, 4) is 0 Å². The van der Waals surface area contributed by atoms with E-state index in [2.05, 4.69) is 5.32 Å². The number of nitrogens with one attached hydrogen (secondary N) is 1. The van der Waals surface area contributed by atoms with Gasteiger partial charge in [0.25, 0.3) is 5.91 Å². The first-order valence-corrected chi connectivity index (χ1v) is 6.62. The molecule has 7 heteroatoms. The van der Waals surface area contributed by atoms with Gasteiger partial charge in [-0.05, 0) is 32.1 Å². The van der Waals surface area contributed by atoms with Crippen molar-refractivity contribution in [2.24, 2.45) is 5.92 Å². The van der Waals surface area contributed by atoms with Crippen LogP contribution in [0.4, 0.5) is 10.1 Å². The van der Waals surface area contributed by atoms with Crippen LogP contribution in [-0.4, -0.2) is 42.4 Å². The third-order valence-corrected chi connectivity index (χ3v) is 3.31. The van der Waals surface area contributed by atoms with Gasteiger partial charge in [-0.25, -0.2) is 0 Å². The topological polar surface area (TPSA) is 75.5 Å². The molecular weight excluding hydrogens is 277 g/mol. The molecule has 0 aliphatic carbocycles. The van der Waals surface area contributed by atoms with Crippen molar-refractivity contribution in [2.75, 3.05) is 20.6 Å². The van der Waals surface area contributed by atoms with Crippen molar-refractivity contribution in [3.63, 3.8) is 0 Å². The number of nitrogens with zero attached hydrogens (tertiary/aromatic N) is 2. The van der Waals surface area contributed by atoms with E-state index in [-0.39, 0.29) is 11.6 Å². The van der Waals surface area contributed by atoms with Gasteiger partial charge < -0.3 is 10.2 Å². The highest BCUT2D eigenvalue weighted by atomic mass is 19.1. The summed E-state index contributed by atoms with van der Waals surface area (Å²) in [5.74, 6) is -1.12. The predicted octanol–water partition coefficient (Wildman–Crippen LogP) is 2.05. The molecular formula is C14H20FN3O3. The molecule has 1 rings (SSSR count). The second-order valence-corrected chi connectivity index (χ2v) is 5.41. The number of nitro benzene ring substituents is 1. The summed E-state index contributed by atoms with van der Waals surface area (Å²) in [4.78, 5) is 23.7. The summed E-state index contributed by atoms with van der Waals surface area (Å²) in [5.41, 5.74) is -0.570. The molecule has 1 unspecified atom stereocenters. The maximum absolute atomic E-state index is 13.5. The number of amides is 1. The lowest BCUT2D eigenvalue weighted by molar-refractivity contribution is -0.387. The summed E-state index contributed by atoms with van der Waals surface area (Å²) in [6.45, 7) is 4.51. The van der Waals surface area contributed by atoms with Gasteiger partial charge in [0, 0.05) is 24.2 Å². The number of hydrogen-bond acceptors (Lipinski definition) is 4. The van der Waals surface area contributed by atoms with Crippen LogP contribution in [0.2, 0.25) is 0 Å². The van der Waals surface area contributed by atoms with Crippen LogP contribution in [-0.2, 0) is 0 Å². The first-order chi connectivity index (χ1) is 9.73. The third kappa shape index (κ3) is 4.49. The van der Waals surface area contributed by atoms with E-state index in [0.29, 0.717) is 12.5 Å². The number of benzene rings is 1. The molecule has 0 saturated heterocycles. The zero-order chi connectivity index (χ0) is 16.2. The van der Waals surface area contributed by atoms with Crippen molar-refractivity contribution < 1.29 is 14.1 Å². The van der Waals surface area contributed by atoms with E-state index < -0.39 is 22.3 Å². The van der Waals surface area contributed by atoms with Gasteiger partial charge in [0.15, 0.2) is 0 Å². The molecule has 1 aromatic carbocycles. The lowest BCUT2D eigenvalue weighted by Crippen LogP contribution is -2.43. The van der Waals surface area contributed by atoms with Crippen molar-refractivity contribution in [3.05, 3.63) is 39.7 Å². The molecule has 0 aromatic heterocycles. The fourth-order valence-corrected chi connectivity index (χ4v) is 2.11. The number of carbonyl (C=O) groups is 1. The number of nitro groups is 1. The van der Waals surface area contributed by atoms with Gasteiger partial charge in [0.05, 0.1) is 4.92 Å². The molecule has 0 radical (unpaired) electrons. The Hall–Kier alpha value is -2.02. The van der Waals surface area contributed by atoms with Crippen molar-refractivity contribution in [1.29, 1.82) is 0 Å². The molecule has 0 aliphatic heterocycles. The Balaban J connectivity index is 2.76. The van der Waals surface area contributed by atoms with Crippen LogP contribution in [0, 0.1) is 21.8 Å². The summed E-state index contributed by atoms with van der Waals surface area (Å²) in [6, 6.07) is 3.28. The van der Waals surface area contributed by atoms with E-state index in [0.717, 1.165) is 12.1 Å². The largest absolute Gasteiger partial charge is 0.350 e. The Morgan fingerprint density at radius 1 is 1.43 bits per heavy atom.